The number of rotatable bonds is 7. The van der Waals surface area contributed by atoms with E-state index in [1.54, 1.807) is 0 Å². The number of aryl methyl sites for hydroxylation is 1. The molecular formula is C26H26N2OS. The lowest BCUT2D eigenvalue weighted by atomic mass is 10.1. The highest BCUT2D eigenvalue weighted by molar-refractivity contribution is 7.99. The number of hydrogen-bond donors (Lipinski definition) is 1. The first-order chi connectivity index (χ1) is 14.6. The zero-order valence-corrected chi connectivity index (χ0v) is 18.2. The SMILES string of the molecule is Cc1ccc(C(=O)NCCn2cc(SC(C)c3ccccc3)c3ccccc32)cc1. The molecule has 0 aliphatic heterocycles. The number of nitrogens with one attached hydrogen (secondary N) is 1. The van der Waals surface area contributed by atoms with Crippen LogP contribution in [0.4, 0.5) is 0 Å². The topological polar surface area (TPSA) is 34.0 Å². The Morgan fingerprint density at radius 2 is 1.67 bits per heavy atom. The molecule has 152 valence electrons. The van der Waals surface area contributed by atoms with Crippen LogP contribution in [0.2, 0.25) is 0 Å². The van der Waals surface area contributed by atoms with Gasteiger partial charge in [0.25, 0.3) is 5.91 Å². The molecule has 0 bridgehead atoms. The Morgan fingerprint density at radius 3 is 2.43 bits per heavy atom. The number of hydrogen-bond acceptors (Lipinski definition) is 2. The van der Waals surface area contributed by atoms with Crippen LogP contribution >= 0.6 is 11.8 Å². The summed E-state index contributed by atoms with van der Waals surface area (Å²) < 4.78 is 2.24. The molecule has 1 heterocycles. The van der Waals surface area contributed by atoms with Crippen molar-refractivity contribution in [3.8, 4) is 0 Å². The summed E-state index contributed by atoms with van der Waals surface area (Å²) in [4.78, 5) is 13.7. The van der Waals surface area contributed by atoms with Crippen LogP contribution < -0.4 is 5.32 Å². The third-order valence-electron chi connectivity index (χ3n) is 5.28. The number of aromatic nitrogens is 1. The van der Waals surface area contributed by atoms with E-state index in [2.05, 4.69) is 77.6 Å². The number of para-hydroxylation sites is 1. The van der Waals surface area contributed by atoms with Crippen molar-refractivity contribution in [2.24, 2.45) is 0 Å². The summed E-state index contributed by atoms with van der Waals surface area (Å²) >= 11 is 1.88. The highest BCUT2D eigenvalue weighted by atomic mass is 32.2. The van der Waals surface area contributed by atoms with Gasteiger partial charge in [-0.3, -0.25) is 4.79 Å². The Hall–Kier alpha value is -2.98. The zero-order valence-electron chi connectivity index (χ0n) is 17.3. The molecule has 4 aromatic rings. The average Bonchev–Trinajstić information content (AvgIpc) is 3.12. The zero-order chi connectivity index (χ0) is 20.9. The van der Waals surface area contributed by atoms with Crippen LogP contribution in [0, 0.1) is 6.92 Å². The van der Waals surface area contributed by atoms with Crippen molar-refractivity contribution in [1.29, 1.82) is 0 Å². The summed E-state index contributed by atoms with van der Waals surface area (Å²) in [5.74, 6) is -0.0289. The number of nitrogens with zero attached hydrogens (tertiary/aromatic N) is 1. The lowest BCUT2D eigenvalue weighted by Gasteiger charge is -2.10. The van der Waals surface area contributed by atoms with Crippen molar-refractivity contribution in [2.45, 2.75) is 30.5 Å². The van der Waals surface area contributed by atoms with Crippen molar-refractivity contribution in [3.05, 3.63) is 102 Å². The van der Waals surface area contributed by atoms with Crippen LogP contribution in [-0.2, 0) is 6.54 Å². The summed E-state index contributed by atoms with van der Waals surface area (Å²) in [6.45, 7) is 5.59. The third kappa shape index (κ3) is 4.60. The average molecular weight is 415 g/mol. The Bertz CT molecular complexity index is 1130. The molecule has 30 heavy (non-hydrogen) atoms. The first kappa shape index (κ1) is 20.3. The minimum atomic E-state index is -0.0289. The maximum absolute atomic E-state index is 12.4. The van der Waals surface area contributed by atoms with Crippen molar-refractivity contribution >= 4 is 28.6 Å². The second-order valence-electron chi connectivity index (χ2n) is 7.50. The second kappa shape index (κ2) is 9.23. The number of amides is 1. The normalized spacial score (nSPS) is 12.1. The molecule has 0 saturated heterocycles. The first-order valence-corrected chi connectivity index (χ1v) is 11.1. The number of carbonyl (C=O) groups is 1. The van der Waals surface area contributed by atoms with Gasteiger partial charge in [0.2, 0.25) is 0 Å². The van der Waals surface area contributed by atoms with E-state index in [9.17, 15) is 4.79 Å². The molecule has 4 heteroatoms. The fraction of sp³-hybridized carbons (Fsp3) is 0.192. The van der Waals surface area contributed by atoms with E-state index in [4.69, 9.17) is 0 Å². The molecule has 4 rings (SSSR count). The van der Waals surface area contributed by atoms with E-state index in [1.807, 2.05) is 43.0 Å². The number of carbonyl (C=O) groups excluding carboxylic acids is 1. The summed E-state index contributed by atoms with van der Waals surface area (Å²) in [6, 6.07) is 26.7. The summed E-state index contributed by atoms with van der Waals surface area (Å²) in [5, 5.41) is 4.67. The largest absolute Gasteiger partial charge is 0.350 e. The van der Waals surface area contributed by atoms with Crippen LogP contribution in [0.3, 0.4) is 0 Å². The quantitative estimate of drug-likeness (QED) is 0.364. The molecule has 0 saturated carbocycles. The number of thioether (sulfide) groups is 1. The fourth-order valence-corrected chi connectivity index (χ4v) is 4.73. The smallest absolute Gasteiger partial charge is 0.251 e. The molecule has 1 unspecified atom stereocenters. The van der Waals surface area contributed by atoms with Gasteiger partial charge in [0.1, 0.15) is 0 Å². The predicted octanol–water partition coefficient (Wildman–Crippen LogP) is 6.23. The molecule has 1 aromatic heterocycles. The maximum atomic E-state index is 12.4. The van der Waals surface area contributed by atoms with Gasteiger partial charge in [-0.05, 0) is 37.6 Å². The monoisotopic (exact) mass is 414 g/mol. The van der Waals surface area contributed by atoms with Crippen molar-refractivity contribution in [2.75, 3.05) is 6.54 Å². The van der Waals surface area contributed by atoms with Gasteiger partial charge in [-0.2, -0.15) is 0 Å². The van der Waals surface area contributed by atoms with Crippen LogP contribution in [-0.4, -0.2) is 17.0 Å². The van der Waals surface area contributed by atoms with E-state index in [0.717, 1.165) is 12.1 Å². The van der Waals surface area contributed by atoms with Crippen LogP contribution in [0.25, 0.3) is 10.9 Å². The Morgan fingerprint density at radius 1 is 0.967 bits per heavy atom. The van der Waals surface area contributed by atoms with Crippen LogP contribution in [0.1, 0.15) is 33.7 Å². The Labute approximate surface area is 182 Å². The highest BCUT2D eigenvalue weighted by Crippen LogP contribution is 2.39. The van der Waals surface area contributed by atoms with Gasteiger partial charge in [0.05, 0.1) is 0 Å². The van der Waals surface area contributed by atoms with Gasteiger partial charge in [-0.25, -0.2) is 0 Å². The number of fused-ring (bicyclic) bond motifs is 1. The van der Waals surface area contributed by atoms with E-state index >= 15 is 0 Å². The lowest BCUT2D eigenvalue weighted by molar-refractivity contribution is 0.0952. The summed E-state index contributed by atoms with van der Waals surface area (Å²) in [7, 11) is 0. The molecule has 0 spiro atoms. The minimum absolute atomic E-state index is 0.0289. The Kier molecular flexibility index (Phi) is 6.24. The highest BCUT2D eigenvalue weighted by Gasteiger charge is 2.13. The maximum Gasteiger partial charge on any atom is 0.251 e. The van der Waals surface area contributed by atoms with Gasteiger partial charge < -0.3 is 9.88 Å². The van der Waals surface area contributed by atoms with E-state index in [-0.39, 0.29) is 5.91 Å². The van der Waals surface area contributed by atoms with Gasteiger partial charge in [-0.15, -0.1) is 11.8 Å². The van der Waals surface area contributed by atoms with Crippen molar-refractivity contribution < 1.29 is 4.79 Å². The molecular weight excluding hydrogens is 388 g/mol. The molecule has 0 fully saturated rings. The van der Waals surface area contributed by atoms with E-state index in [0.29, 0.717) is 17.4 Å². The van der Waals surface area contributed by atoms with Crippen LogP contribution in [0.15, 0.2) is 90.0 Å². The van der Waals surface area contributed by atoms with Crippen molar-refractivity contribution in [3.63, 3.8) is 0 Å². The molecule has 1 atom stereocenters. The molecule has 0 radical (unpaired) electrons. The van der Waals surface area contributed by atoms with Gasteiger partial charge in [0.15, 0.2) is 0 Å². The third-order valence-corrected chi connectivity index (χ3v) is 6.48. The van der Waals surface area contributed by atoms with E-state index in [1.165, 1.54) is 21.4 Å². The molecule has 0 aliphatic carbocycles. The van der Waals surface area contributed by atoms with Gasteiger partial charge in [-0.1, -0.05) is 66.2 Å². The summed E-state index contributed by atoms with van der Waals surface area (Å²) in [5.41, 5.74) is 4.38. The molecule has 3 nitrogen and oxygen atoms in total. The molecule has 3 aromatic carbocycles. The minimum Gasteiger partial charge on any atom is -0.350 e. The van der Waals surface area contributed by atoms with Gasteiger partial charge >= 0.3 is 0 Å². The number of benzene rings is 3. The summed E-state index contributed by atoms with van der Waals surface area (Å²) in [6.07, 6.45) is 2.22. The van der Waals surface area contributed by atoms with Gasteiger partial charge in [0, 0.05) is 45.9 Å². The molecule has 0 aliphatic rings. The fourth-order valence-electron chi connectivity index (χ4n) is 3.57. The molecule has 1 amide bonds. The second-order valence-corrected chi connectivity index (χ2v) is 8.88. The van der Waals surface area contributed by atoms with E-state index < -0.39 is 0 Å². The predicted molar refractivity (Wildman–Crippen MR) is 126 cm³/mol. The van der Waals surface area contributed by atoms with Crippen molar-refractivity contribution in [1.82, 2.24) is 9.88 Å². The Balaban J connectivity index is 1.46. The molecule has 1 N–H and O–H groups in total. The first-order valence-electron chi connectivity index (χ1n) is 10.3. The van der Waals surface area contributed by atoms with Crippen LogP contribution in [0.5, 0.6) is 0 Å². The lowest BCUT2D eigenvalue weighted by Crippen LogP contribution is -2.27. The standard InChI is InChI=1S/C26H26N2OS/c1-19-12-14-22(15-13-19)26(29)27-16-17-28-18-25(23-10-6-7-11-24(23)28)30-20(2)21-8-4-3-5-9-21/h3-15,18,20H,16-17H2,1-2H3,(H,27,29).